The Kier molecular flexibility index (Phi) is 8.04. The normalized spacial score (nSPS) is 20.3. The van der Waals surface area contributed by atoms with Gasteiger partial charge < -0.3 is 19.1 Å². The highest BCUT2D eigenvalue weighted by Crippen LogP contribution is 2.39. The number of carbonyl (C=O) groups is 1. The molecule has 0 aliphatic carbocycles. The van der Waals surface area contributed by atoms with Crippen LogP contribution in [0.15, 0.2) is 42.5 Å². The molecule has 2 aromatic carbocycles. The number of rotatable bonds is 6. The van der Waals surface area contributed by atoms with Crippen molar-refractivity contribution < 1.29 is 32.2 Å². The predicted molar refractivity (Wildman–Crippen MR) is 134 cm³/mol. The maximum Gasteiger partial charge on any atom is 0.253 e. The second-order valence-corrected chi connectivity index (χ2v) is 10.8. The summed E-state index contributed by atoms with van der Waals surface area (Å²) >= 11 is 0. The fraction of sp³-hybridized carbons (Fsp3) is 0.536. The Bertz CT molecular complexity index is 1080. The van der Waals surface area contributed by atoms with Crippen LogP contribution in [0.1, 0.15) is 55.6 Å². The van der Waals surface area contributed by atoms with Gasteiger partial charge in [-0.2, -0.15) is 0 Å². The smallest absolute Gasteiger partial charge is 0.253 e. The summed E-state index contributed by atoms with van der Waals surface area (Å²) in [5.74, 6) is 0.548. The molecule has 1 atom stereocenters. The molecule has 1 amide bonds. The van der Waals surface area contributed by atoms with Crippen molar-refractivity contribution in [1.82, 2.24) is 9.80 Å². The molecule has 1 spiro atoms. The number of halogens is 3. The third kappa shape index (κ3) is 6.76. The van der Waals surface area contributed by atoms with Crippen molar-refractivity contribution in [3.63, 3.8) is 0 Å². The summed E-state index contributed by atoms with van der Waals surface area (Å²) in [6.07, 6.45) is -1.89. The molecule has 9 heteroatoms. The number of methoxy groups -OCH3 is 1. The second-order valence-electron chi connectivity index (χ2n) is 10.8. The summed E-state index contributed by atoms with van der Waals surface area (Å²) < 4.78 is 57.9. The van der Waals surface area contributed by atoms with Gasteiger partial charge in [0, 0.05) is 31.7 Å². The first-order valence-electron chi connectivity index (χ1n) is 12.6. The van der Waals surface area contributed by atoms with E-state index >= 15 is 0 Å². The number of hydrogen-bond acceptors (Lipinski definition) is 5. The third-order valence-corrected chi connectivity index (χ3v) is 6.75. The molecular formula is C28H35F3N2O4. The van der Waals surface area contributed by atoms with Gasteiger partial charge in [0.1, 0.15) is 11.4 Å². The maximum atomic E-state index is 13.4. The molecule has 2 aliphatic rings. The highest BCUT2D eigenvalue weighted by molar-refractivity contribution is 5.95. The zero-order valence-corrected chi connectivity index (χ0v) is 21.8. The van der Waals surface area contributed by atoms with Gasteiger partial charge in [0.25, 0.3) is 12.3 Å². The molecule has 2 heterocycles. The predicted octanol–water partition coefficient (Wildman–Crippen LogP) is 5.33. The van der Waals surface area contributed by atoms with Crippen LogP contribution < -0.4 is 9.47 Å². The highest BCUT2D eigenvalue weighted by Gasteiger charge is 2.44. The quantitative estimate of drug-likeness (QED) is 0.516. The third-order valence-electron chi connectivity index (χ3n) is 6.75. The number of nitrogens with zero attached hydrogens (tertiary/aromatic N) is 2. The van der Waals surface area contributed by atoms with Crippen molar-refractivity contribution in [1.29, 1.82) is 0 Å². The van der Waals surface area contributed by atoms with Crippen molar-refractivity contribution >= 4 is 5.91 Å². The van der Waals surface area contributed by atoms with Crippen LogP contribution in [0.4, 0.5) is 13.2 Å². The molecule has 2 aliphatic heterocycles. The van der Waals surface area contributed by atoms with E-state index in [9.17, 15) is 18.0 Å². The fourth-order valence-electron chi connectivity index (χ4n) is 5.06. The number of likely N-dealkylation sites (tertiary alicyclic amines) is 1. The van der Waals surface area contributed by atoms with Crippen molar-refractivity contribution in [3.05, 3.63) is 59.4 Å². The Morgan fingerprint density at radius 3 is 2.38 bits per heavy atom. The first kappa shape index (κ1) is 27.3. The number of morpholine rings is 1. The average Bonchev–Trinajstić information content (AvgIpc) is 2.83. The Labute approximate surface area is 216 Å². The molecule has 0 aromatic heterocycles. The van der Waals surface area contributed by atoms with E-state index < -0.39 is 23.7 Å². The van der Waals surface area contributed by atoms with Gasteiger partial charge in [-0.25, -0.2) is 13.2 Å². The second kappa shape index (κ2) is 10.9. The van der Waals surface area contributed by atoms with Gasteiger partial charge in [0.15, 0.2) is 11.5 Å². The van der Waals surface area contributed by atoms with E-state index in [4.69, 9.17) is 14.2 Å². The van der Waals surface area contributed by atoms with E-state index in [-0.39, 0.29) is 18.3 Å². The number of amides is 1. The lowest BCUT2D eigenvalue weighted by Gasteiger charge is -2.50. The lowest BCUT2D eigenvalue weighted by Crippen LogP contribution is -2.58. The SMILES string of the molecule is COc1cc(C(=O)N2CCC3(CC2)CN(CC(F)F)CC(c2ccc(F)cc2)O3)ccc1OC(C)(C)C. The largest absolute Gasteiger partial charge is 0.493 e. The van der Waals surface area contributed by atoms with Crippen LogP contribution in [0.2, 0.25) is 0 Å². The minimum atomic E-state index is -2.47. The van der Waals surface area contributed by atoms with E-state index in [1.807, 2.05) is 20.8 Å². The van der Waals surface area contributed by atoms with Gasteiger partial charge >= 0.3 is 0 Å². The standard InChI is InChI=1S/C28H35F3N2O4/c1-27(2,3)36-22-10-7-20(15-23(22)35-4)26(34)33-13-11-28(12-14-33)18-32(17-25(30)31)16-24(37-28)19-5-8-21(29)9-6-19/h5-10,15,24-25H,11-14,16-18H2,1-4H3. The summed E-state index contributed by atoms with van der Waals surface area (Å²) in [7, 11) is 1.53. The van der Waals surface area contributed by atoms with Gasteiger partial charge in [0.05, 0.1) is 25.4 Å². The van der Waals surface area contributed by atoms with Crippen molar-refractivity contribution in [2.24, 2.45) is 0 Å². The number of alkyl halides is 2. The van der Waals surface area contributed by atoms with Crippen molar-refractivity contribution in [2.75, 3.05) is 39.8 Å². The summed E-state index contributed by atoms with van der Waals surface area (Å²) in [6, 6.07) is 11.1. The molecule has 0 radical (unpaired) electrons. The first-order chi connectivity index (χ1) is 17.5. The van der Waals surface area contributed by atoms with Gasteiger partial charge in [-0.05, 0) is 69.5 Å². The highest BCUT2D eigenvalue weighted by atomic mass is 19.3. The monoisotopic (exact) mass is 520 g/mol. The molecule has 37 heavy (non-hydrogen) atoms. The van der Waals surface area contributed by atoms with Crippen molar-refractivity contribution in [2.45, 2.75) is 57.3 Å². The molecule has 2 aromatic rings. The van der Waals surface area contributed by atoms with Crippen LogP contribution in [0.25, 0.3) is 0 Å². The Hall–Kier alpha value is -2.78. The van der Waals surface area contributed by atoms with Gasteiger partial charge in [-0.1, -0.05) is 12.1 Å². The molecular weight excluding hydrogens is 485 g/mol. The van der Waals surface area contributed by atoms with Crippen LogP contribution in [-0.2, 0) is 4.74 Å². The Morgan fingerprint density at radius 2 is 1.78 bits per heavy atom. The lowest BCUT2D eigenvalue weighted by atomic mass is 9.87. The summed E-state index contributed by atoms with van der Waals surface area (Å²) in [6.45, 7) is 6.99. The Balaban J connectivity index is 1.47. The molecule has 0 N–H and O–H groups in total. The first-order valence-corrected chi connectivity index (χ1v) is 12.6. The Morgan fingerprint density at radius 1 is 1.11 bits per heavy atom. The number of ether oxygens (including phenoxy) is 3. The summed E-state index contributed by atoms with van der Waals surface area (Å²) in [5, 5.41) is 0. The van der Waals surface area contributed by atoms with Crippen LogP contribution >= 0.6 is 0 Å². The molecule has 6 nitrogen and oxygen atoms in total. The van der Waals surface area contributed by atoms with E-state index in [2.05, 4.69) is 0 Å². The molecule has 2 fully saturated rings. The van der Waals surface area contributed by atoms with Crippen LogP contribution in [0, 0.1) is 5.82 Å². The molecule has 4 rings (SSSR count). The number of hydrogen-bond donors (Lipinski definition) is 0. The molecule has 1 unspecified atom stereocenters. The maximum absolute atomic E-state index is 13.4. The van der Waals surface area contributed by atoms with E-state index in [1.165, 1.54) is 19.2 Å². The van der Waals surface area contributed by atoms with Gasteiger partial charge in [0.2, 0.25) is 0 Å². The van der Waals surface area contributed by atoms with E-state index in [0.29, 0.717) is 56.1 Å². The average molecular weight is 521 g/mol. The van der Waals surface area contributed by atoms with Crippen LogP contribution in [0.5, 0.6) is 11.5 Å². The van der Waals surface area contributed by atoms with Gasteiger partial charge in [-0.3, -0.25) is 9.69 Å². The minimum Gasteiger partial charge on any atom is -0.493 e. The summed E-state index contributed by atoms with van der Waals surface area (Å²) in [4.78, 5) is 16.8. The number of carbonyl (C=O) groups excluding carboxylic acids is 1. The molecule has 0 saturated carbocycles. The zero-order chi connectivity index (χ0) is 26.8. The summed E-state index contributed by atoms with van der Waals surface area (Å²) in [5.41, 5.74) is 0.166. The van der Waals surface area contributed by atoms with Crippen LogP contribution in [-0.4, -0.2) is 73.2 Å². The van der Waals surface area contributed by atoms with Gasteiger partial charge in [-0.15, -0.1) is 0 Å². The lowest BCUT2D eigenvalue weighted by molar-refractivity contribution is -0.180. The van der Waals surface area contributed by atoms with E-state index in [1.54, 1.807) is 40.1 Å². The molecule has 2 saturated heterocycles. The fourth-order valence-corrected chi connectivity index (χ4v) is 5.06. The van der Waals surface area contributed by atoms with E-state index in [0.717, 1.165) is 5.56 Å². The molecule has 0 bridgehead atoms. The minimum absolute atomic E-state index is 0.134. The van der Waals surface area contributed by atoms with Crippen molar-refractivity contribution in [3.8, 4) is 11.5 Å². The number of benzene rings is 2. The number of piperidine rings is 1. The molecule has 202 valence electrons. The zero-order valence-electron chi connectivity index (χ0n) is 21.8. The topological polar surface area (TPSA) is 51.2 Å². The van der Waals surface area contributed by atoms with Crippen LogP contribution in [0.3, 0.4) is 0 Å².